The van der Waals surface area contributed by atoms with E-state index in [2.05, 4.69) is 48.9 Å². The van der Waals surface area contributed by atoms with Crippen molar-refractivity contribution in [1.82, 2.24) is 14.7 Å². The van der Waals surface area contributed by atoms with Gasteiger partial charge in [-0.1, -0.05) is 18.2 Å². The monoisotopic (exact) mass is 383 g/mol. The van der Waals surface area contributed by atoms with Gasteiger partial charge in [0, 0.05) is 25.6 Å². The average Bonchev–Trinajstić information content (AvgIpc) is 3.13. The minimum Gasteiger partial charge on any atom is -0.341 e. The van der Waals surface area contributed by atoms with Gasteiger partial charge in [0.2, 0.25) is 11.8 Å². The fourth-order valence-electron chi connectivity index (χ4n) is 4.91. The summed E-state index contributed by atoms with van der Waals surface area (Å²) in [7, 11) is 2.11. The fraction of sp³-hybridized carbons (Fsp3) is 0.652. The van der Waals surface area contributed by atoms with Crippen LogP contribution in [-0.4, -0.2) is 66.3 Å². The third kappa shape index (κ3) is 3.69. The van der Waals surface area contributed by atoms with Crippen LogP contribution in [0, 0.1) is 25.7 Å². The van der Waals surface area contributed by atoms with Gasteiger partial charge in [0.15, 0.2) is 0 Å². The summed E-state index contributed by atoms with van der Waals surface area (Å²) in [4.78, 5) is 32.1. The molecule has 0 spiro atoms. The standard InChI is InChI=1S/C23H33N3O2/c1-16-6-7-19(13-17(16)2)21-5-4-10-26(21)23(28)20-14-25(15-20)22(27)18-8-11-24(3)12-9-18/h6-7,13,18,20-21H,4-5,8-12,14-15H2,1-3H3. The number of likely N-dealkylation sites (tertiary alicyclic amines) is 3. The predicted octanol–water partition coefficient (Wildman–Crippen LogP) is 2.77. The number of carbonyl (C=O) groups excluding carboxylic acids is 2. The molecule has 4 rings (SSSR count). The van der Waals surface area contributed by atoms with Crippen LogP contribution in [0.4, 0.5) is 0 Å². The number of rotatable bonds is 3. The zero-order chi connectivity index (χ0) is 19.8. The summed E-state index contributed by atoms with van der Waals surface area (Å²) < 4.78 is 0. The molecule has 0 aromatic heterocycles. The molecule has 2 amide bonds. The lowest BCUT2D eigenvalue weighted by molar-refractivity contribution is -0.152. The minimum atomic E-state index is -0.0117. The summed E-state index contributed by atoms with van der Waals surface area (Å²) in [5, 5.41) is 0. The molecule has 3 fully saturated rings. The molecule has 0 N–H and O–H groups in total. The van der Waals surface area contributed by atoms with Gasteiger partial charge < -0.3 is 14.7 Å². The molecule has 3 saturated heterocycles. The number of benzene rings is 1. The maximum atomic E-state index is 13.1. The van der Waals surface area contributed by atoms with Gasteiger partial charge in [-0.2, -0.15) is 0 Å². The third-order valence-electron chi connectivity index (χ3n) is 7.06. The minimum absolute atomic E-state index is 0.0117. The molecule has 3 aliphatic rings. The zero-order valence-electron chi connectivity index (χ0n) is 17.5. The Bertz CT molecular complexity index is 748. The number of nitrogens with zero attached hydrogens (tertiary/aromatic N) is 3. The van der Waals surface area contributed by atoms with Gasteiger partial charge >= 0.3 is 0 Å². The number of aryl methyl sites for hydroxylation is 2. The fourth-order valence-corrected chi connectivity index (χ4v) is 4.91. The van der Waals surface area contributed by atoms with E-state index in [4.69, 9.17) is 0 Å². The normalized spacial score (nSPS) is 24.5. The Balaban J connectivity index is 1.35. The number of hydrogen-bond acceptors (Lipinski definition) is 3. The quantitative estimate of drug-likeness (QED) is 0.806. The van der Waals surface area contributed by atoms with Crippen molar-refractivity contribution in [2.75, 3.05) is 39.8 Å². The maximum Gasteiger partial charge on any atom is 0.229 e. The highest BCUT2D eigenvalue weighted by atomic mass is 16.2. The summed E-state index contributed by atoms with van der Waals surface area (Å²) >= 11 is 0. The van der Waals surface area contributed by atoms with Crippen molar-refractivity contribution in [2.45, 2.75) is 45.6 Å². The Kier molecular flexibility index (Phi) is 5.46. The maximum absolute atomic E-state index is 13.1. The van der Waals surface area contributed by atoms with E-state index < -0.39 is 0 Å². The average molecular weight is 384 g/mol. The second kappa shape index (κ2) is 7.86. The number of hydrogen-bond donors (Lipinski definition) is 0. The molecule has 0 saturated carbocycles. The summed E-state index contributed by atoms with van der Waals surface area (Å²) in [5.74, 6) is 0.655. The van der Waals surface area contributed by atoms with Crippen LogP contribution in [0.1, 0.15) is 48.4 Å². The molecule has 3 heterocycles. The van der Waals surface area contributed by atoms with E-state index in [1.165, 1.54) is 16.7 Å². The number of piperidine rings is 1. The molecule has 3 aliphatic heterocycles. The van der Waals surface area contributed by atoms with Gasteiger partial charge in [0.05, 0.1) is 12.0 Å². The molecule has 28 heavy (non-hydrogen) atoms. The number of amides is 2. The van der Waals surface area contributed by atoms with Crippen molar-refractivity contribution in [2.24, 2.45) is 11.8 Å². The second-order valence-electron chi connectivity index (χ2n) is 9.05. The molecule has 1 atom stereocenters. The van der Waals surface area contributed by atoms with Gasteiger partial charge in [-0.25, -0.2) is 0 Å². The highest BCUT2D eigenvalue weighted by Crippen LogP contribution is 2.35. The lowest BCUT2D eigenvalue weighted by Gasteiger charge is -2.43. The Morgan fingerprint density at radius 2 is 1.61 bits per heavy atom. The first kappa shape index (κ1) is 19.4. The van der Waals surface area contributed by atoms with E-state index >= 15 is 0 Å². The molecule has 0 bridgehead atoms. The molecule has 0 aliphatic carbocycles. The summed E-state index contributed by atoms with van der Waals surface area (Å²) in [6, 6.07) is 6.78. The summed E-state index contributed by atoms with van der Waals surface area (Å²) in [6.07, 6.45) is 4.00. The molecular formula is C23H33N3O2. The van der Waals surface area contributed by atoms with Gasteiger partial charge in [-0.3, -0.25) is 9.59 Å². The van der Waals surface area contributed by atoms with E-state index in [-0.39, 0.29) is 29.7 Å². The molecule has 152 valence electrons. The molecule has 0 radical (unpaired) electrons. The van der Waals surface area contributed by atoms with Crippen LogP contribution in [0.15, 0.2) is 18.2 Å². The lowest BCUT2D eigenvalue weighted by atomic mass is 9.90. The highest BCUT2D eigenvalue weighted by Gasteiger charge is 2.42. The first-order valence-electron chi connectivity index (χ1n) is 10.8. The van der Waals surface area contributed by atoms with Crippen molar-refractivity contribution < 1.29 is 9.59 Å². The van der Waals surface area contributed by atoms with Gasteiger partial charge in [0.25, 0.3) is 0 Å². The van der Waals surface area contributed by atoms with E-state index in [0.29, 0.717) is 13.1 Å². The van der Waals surface area contributed by atoms with E-state index in [1.807, 2.05) is 4.90 Å². The van der Waals surface area contributed by atoms with Crippen LogP contribution in [0.2, 0.25) is 0 Å². The summed E-state index contributed by atoms with van der Waals surface area (Å²) in [6.45, 7) is 8.32. The van der Waals surface area contributed by atoms with Crippen LogP contribution in [0.3, 0.4) is 0 Å². The van der Waals surface area contributed by atoms with Crippen LogP contribution in [0.5, 0.6) is 0 Å². The molecule has 5 nitrogen and oxygen atoms in total. The molecule has 5 heteroatoms. The van der Waals surface area contributed by atoms with E-state index in [1.54, 1.807) is 0 Å². The van der Waals surface area contributed by atoms with Crippen molar-refractivity contribution in [3.8, 4) is 0 Å². The molecule has 1 aromatic carbocycles. The summed E-state index contributed by atoms with van der Waals surface area (Å²) in [5.41, 5.74) is 3.84. The highest BCUT2D eigenvalue weighted by molar-refractivity contribution is 5.86. The zero-order valence-corrected chi connectivity index (χ0v) is 17.5. The Morgan fingerprint density at radius 3 is 2.29 bits per heavy atom. The van der Waals surface area contributed by atoms with Crippen LogP contribution in [-0.2, 0) is 9.59 Å². The van der Waals surface area contributed by atoms with Gasteiger partial charge in [-0.15, -0.1) is 0 Å². The Hall–Kier alpha value is -1.88. The first-order chi connectivity index (χ1) is 13.4. The SMILES string of the molecule is Cc1ccc(C2CCCN2C(=O)C2CN(C(=O)C3CCN(C)CC3)C2)cc1C. The topological polar surface area (TPSA) is 43.9 Å². The van der Waals surface area contributed by atoms with Crippen LogP contribution in [0.25, 0.3) is 0 Å². The second-order valence-corrected chi connectivity index (χ2v) is 9.05. The molecule has 1 unspecified atom stereocenters. The predicted molar refractivity (Wildman–Crippen MR) is 110 cm³/mol. The van der Waals surface area contributed by atoms with Crippen molar-refractivity contribution >= 4 is 11.8 Å². The van der Waals surface area contributed by atoms with Crippen LogP contribution >= 0.6 is 0 Å². The van der Waals surface area contributed by atoms with Crippen molar-refractivity contribution in [1.29, 1.82) is 0 Å². The third-order valence-corrected chi connectivity index (χ3v) is 7.06. The van der Waals surface area contributed by atoms with Crippen LogP contribution < -0.4 is 0 Å². The van der Waals surface area contributed by atoms with Gasteiger partial charge in [0.1, 0.15) is 0 Å². The van der Waals surface area contributed by atoms with Gasteiger partial charge in [-0.05, 0) is 76.4 Å². The Morgan fingerprint density at radius 1 is 0.893 bits per heavy atom. The molecular weight excluding hydrogens is 350 g/mol. The lowest BCUT2D eigenvalue weighted by Crippen LogP contribution is -2.58. The van der Waals surface area contributed by atoms with E-state index in [0.717, 1.165) is 45.3 Å². The first-order valence-corrected chi connectivity index (χ1v) is 10.8. The smallest absolute Gasteiger partial charge is 0.229 e. The largest absolute Gasteiger partial charge is 0.341 e. The molecule has 1 aromatic rings. The van der Waals surface area contributed by atoms with Crippen molar-refractivity contribution in [3.63, 3.8) is 0 Å². The number of carbonyl (C=O) groups is 2. The van der Waals surface area contributed by atoms with E-state index in [9.17, 15) is 9.59 Å². The Labute approximate surface area is 168 Å². The van der Waals surface area contributed by atoms with Crippen molar-refractivity contribution in [3.05, 3.63) is 34.9 Å².